The van der Waals surface area contributed by atoms with Crippen LogP contribution in [-0.2, 0) is 9.59 Å². The summed E-state index contributed by atoms with van der Waals surface area (Å²) in [7, 11) is 0. The molecule has 3 fully saturated rings. The molecule has 0 aromatic rings. The molecule has 0 unspecified atom stereocenters. The molecule has 8 heteroatoms. The Kier molecular flexibility index (Phi) is 11.3. The Hall–Kier alpha value is -2.00. The number of carboxylic acids is 2. The number of hydrogen-bond acceptors (Lipinski definition) is 6. The van der Waals surface area contributed by atoms with E-state index in [1.807, 2.05) is 6.92 Å². The molecular formula is C37H60O8. The summed E-state index contributed by atoms with van der Waals surface area (Å²) in [5.74, 6) is 0.160. The molecule has 4 aliphatic carbocycles. The van der Waals surface area contributed by atoms with Crippen molar-refractivity contribution in [1.29, 1.82) is 0 Å². The van der Waals surface area contributed by atoms with E-state index in [4.69, 9.17) is 10.2 Å². The highest BCUT2D eigenvalue weighted by Gasteiger charge is 2.71. The van der Waals surface area contributed by atoms with Gasteiger partial charge in [0.05, 0.1) is 11.7 Å². The molecule has 10 atom stereocenters. The molecule has 4 aliphatic rings. The summed E-state index contributed by atoms with van der Waals surface area (Å²) in [6.07, 6.45) is 7.97. The fourth-order valence-corrected chi connectivity index (χ4v) is 9.60. The summed E-state index contributed by atoms with van der Waals surface area (Å²) in [6, 6.07) is 0. The van der Waals surface area contributed by atoms with Crippen LogP contribution in [0.3, 0.4) is 0 Å². The lowest BCUT2D eigenvalue weighted by Crippen LogP contribution is -2.72. The standard InChI is InChI=1S/C29H48O4.C8H12O4/c1-17(2)20(5)18(3)14-19(4)22-8-9-23-24-15-25(31)29(33)16-21(30)10-11-27(29,7)28(24,32)13-12-26(22,23)6;1-3-5(7(9)10)6(4-2)8(11)12/h14-15,17,19-23,25,30-33H,8-13,16H2,1-7H3;3-4H2,1-2H3,(H,9,10)(H,11,12)/b18-14+;6-5+/t19-,20-,21+,22-,23+,25-,26-,27-,28-,29+;/m1./s1. The lowest BCUT2D eigenvalue weighted by molar-refractivity contribution is -0.258. The van der Waals surface area contributed by atoms with Gasteiger partial charge in [0.1, 0.15) is 11.7 Å². The number of allylic oxidation sites excluding steroid dienone is 2. The highest BCUT2D eigenvalue weighted by molar-refractivity contribution is 5.98. The number of hydrogen-bond donors (Lipinski definition) is 6. The molecule has 0 aliphatic heterocycles. The minimum absolute atomic E-state index is 0.00926. The summed E-state index contributed by atoms with van der Waals surface area (Å²) in [6.45, 7) is 19.1. The van der Waals surface area contributed by atoms with Crippen LogP contribution in [0.2, 0.25) is 0 Å². The SMILES string of the molecule is C/C(=C\[C@@H](C)[C@H]1CC[C@H]2C3=C[C@@H](O)[C@@]4(O)C[C@@H](O)CC[C@]4(C)[C@@]3(O)CC[C@]12C)[C@H](C)C(C)C.CC/C(C(=O)O)=C(/CC)C(=O)O. The second kappa shape index (κ2) is 13.6. The molecule has 256 valence electrons. The average Bonchev–Trinajstić information content (AvgIpc) is 3.31. The Morgan fingerprint density at radius 2 is 1.47 bits per heavy atom. The van der Waals surface area contributed by atoms with Crippen molar-refractivity contribution in [2.24, 2.45) is 40.4 Å². The molecule has 0 spiro atoms. The number of carboxylic acid groups (broad SMARTS) is 2. The molecule has 0 radical (unpaired) electrons. The van der Waals surface area contributed by atoms with Gasteiger partial charge >= 0.3 is 11.9 Å². The fraction of sp³-hybridized carbons (Fsp3) is 0.784. The van der Waals surface area contributed by atoms with Crippen molar-refractivity contribution in [2.45, 2.75) is 144 Å². The topological polar surface area (TPSA) is 156 Å². The summed E-state index contributed by atoms with van der Waals surface area (Å²) in [5.41, 5.74) is -0.960. The van der Waals surface area contributed by atoms with Gasteiger partial charge in [0, 0.05) is 23.0 Å². The van der Waals surface area contributed by atoms with Crippen LogP contribution in [0.5, 0.6) is 0 Å². The summed E-state index contributed by atoms with van der Waals surface area (Å²) in [5, 5.41) is 62.5. The zero-order valence-corrected chi connectivity index (χ0v) is 29.1. The quantitative estimate of drug-likeness (QED) is 0.135. The van der Waals surface area contributed by atoms with E-state index in [-0.39, 0.29) is 41.7 Å². The smallest absolute Gasteiger partial charge is 0.332 e. The zero-order chi connectivity index (χ0) is 34.3. The van der Waals surface area contributed by atoms with E-state index in [2.05, 4.69) is 47.6 Å². The van der Waals surface area contributed by atoms with Crippen LogP contribution in [0, 0.1) is 40.4 Å². The van der Waals surface area contributed by atoms with Gasteiger partial charge in [-0.1, -0.05) is 73.1 Å². The van der Waals surface area contributed by atoms with Gasteiger partial charge in [0.25, 0.3) is 0 Å². The molecule has 0 bridgehead atoms. The number of fused-ring (bicyclic) bond motifs is 5. The van der Waals surface area contributed by atoms with Gasteiger partial charge in [0.2, 0.25) is 0 Å². The molecule has 3 saturated carbocycles. The predicted molar refractivity (Wildman–Crippen MR) is 175 cm³/mol. The zero-order valence-electron chi connectivity index (χ0n) is 29.1. The minimum Gasteiger partial charge on any atom is -0.478 e. The maximum Gasteiger partial charge on any atom is 0.332 e. The first kappa shape index (κ1) is 37.5. The maximum absolute atomic E-state index is 12.2. The van der Waals surface area contributed by atoms with E-state index in [1.54, 1.807) is 19.9 Å². The van der Waals surface area contributed by atoms with Crippen LogP contribution in [0.1, 0.15) is 120 Å². The molecule has 8 nitrogen and oxygen atoms in total. The lowest BCUT2D eigenvalue weighted by atomic mass is 9.43. The van der Waals surface area contributed by atoms with Crippen molar-refractivity contribution in [3.63, 3.8) is 0 Å². The van der Waals surface area contributed by atoms with Crippen molar-refractivity contribution in [2.75, 3.05) is 0 Å². The highest BCUT2D eigenvalue weighted by Crippen LogP contribution is 2.69. The molecule has 0 amide bonds. The first-order valence-corrected chi connectivity index (χ1v) is 17.2. The molecule has 4 rings (SSSR count). The van der Waals surface area contributed by atoms with E-state index in [0.717, 1.165) is 24.8 Å². The Labute approximate surface area is 270 Å². The molecule has 0 aromatic carbocycles. The summed E-state index contributed by atoms with van der Waals surface area (Å²) < 4.78 is 0. The van der Waals surface area contributed by atoms with E-state index >= 15 is 0 Å². The van der Waals surface area contributed by atoms with E-state index < -0.39 is 40.8 Å². The van der Waals surface area contributed by atoms with Gasteiger partial charge < -0.3 is 30.6 Å². The third kappa shape index (κ3) is 6.33. The molecular weight excluding hydrogens is 572 g/mol. The number of rotatable bonds is 8. The number of aliphatic hydroxyl groups excluding tert-OH is 2. The number of aliphatic hydroxyl groups is 4. The van der Waals surface area contributed by atoms with Gasteiger partial charge in [0.15, 0.2) is 0 Å². The van der Waals surface area contributed by atoms with Crippen molar-refractivity contribution >= 4 is 11.9 Å². The second-order valence-electron chi connectivity index (χ2n) is 15.4. The van der Waals surface area contributed by atoms with Gasteiger partial charge in [-0.25, -0.2) is 9.59 Å². The fourth-order valence-electron chi connectivity index (χ4n) is 9.60. The average molecular weight is 633 g/mol. The predicted octanol–water partition coefficient (Wildman–Crippen LogP) is 6.27. The normalized spacial score (nSPS) is 39.7. The van der Waals surface area contributed by atoms with E-state index in [0.29, 0.717) is 42.9 Å². The van der Waals surface area contributed by atoms with Gasteiger partial charge in [-0.05, 0) is 98.9 Å². The van der Waals surface area contributed by atoms with Gasteiger partial charge in [-0.2, -0.15) is 0 Å². The first-order valence-electron chi connectivity index (χ1n) is 17.2. The Bertz CT molecular complexity index is 1190. The monoisotopic (exact) mass is 632 g/mol. The van der Waals surface area contributed by atoms with E-state index in [1.165, 1.54) is 5.57 Å². The molecule has 0 saturated heterocycles. The Morgan fingerprint density at radius 3 is 1.96 bits per heavy atom. The minimum atomic E-state index is -1.49. The second-order valence-corrected chi connectivity index (χ2v) is 15.4. The molecule has 6 N–H and O–H groups in total. The third-order valence-electron chi connectivity index (χ3n) is 13.0. The van der Waals surface area contributed by atoms with Crippen LogP contribution in [0.4, 0.5) is 0 Å². The maximum atomic E-state index is 12.2. The lowest BCUT2D eigenvalue weighted by Gasteiger charge is -2.65. The van der Waals surface area contributed by atoms with Crippen LogP contribution in [-0.4, -0.2) is 66.0 Å². The number of aliphatic carboxylic acids is 2. The van der Waals surface area contributed by atoms with Crippen LogP contribution in [0.25, 0.3) is 0 Å². The molecule has 0 heterocycles. The largest absolute Gasteiger partial charge is 0.478 e. The van der Waals surface area contributed by atoms with Crippen molar-refractivity contribution in [3.05, 3.63) is 34.4 Å². The third-order valence-corrected chi connectivity index (χ3v) is 13.0. The Balaban J connectivity index is 0.000000392. The van der Waals surface area contributed by atoms with Crippen LogP contribution in [0.15, 0.2) is 34.4 Å². The van der Waals surface area contributed by atoms with E-state index in [9.17, 15) is 30.0 Å². The van der Waals surface area contributed by atoms with Crippen LogP contribution < -0.4 is 0 Å². The van der Waals surface area contributed by atoms with Crippen molar-refractivity contribution in [1.82, 2.24) is 0 Å². The number of carbonyl (C=O) groups is 2. The Morgan fingerprint density at radius 1 is 0.911 bits per heavy atom. The highest BCUT2D eigenvalue weighted by atomic mass is 16.4. The van der Waals surface area contributed by atoms with Crippen molar-refractivity contribution in [3.8, 4) is 0 Å². The van der Waals surface area contributed by atoms with Gasteiger partial charge in [-0.15, -0.1) is 0 Å². The first-order chi connectivity index (χ1) is 20.7. The van der Waals surface area contributed by atoms with Crippen LogP contribution >= 0.6 is 0 Å². The summed E-state index contributed by atoms with van der Waals surface area (Å²) >= 11 is 0. The molecule has 0 aromatic heterocycles. The van der Waals surface area contributed by atoms with Crippen molar-refractivity contribution < 1.29 is 40.2 Å². The molecule has 45 heavy (non-hydrogen) atoms. The summed E-state index contributed by atoms with van der Waals surface area (Å²) in [4.78, 5) is 21.0. The van der Waals surface area contributed by atoms with Gasteiger partial charge in [-0.3, -0.25) is 0 Å².